The third-order valence-electron chi connectivity index (χ3n) is 2.51. The predicted octanol–water partition coefficient (Wildman–Crippen LogP) is -0.289. The van der Waals surface area contributed by atoms with E-state index in [9.17, 15) is 4.79 Å². The molecular weight excluding hydrogens is 212 g/mol. The van der Waals surface area contributed by atoms with Crippen molar-refractivity contribution in [1.29, 1.82) is 0 Å². The molecule has 0 unspecified atom stereocenters. The molecule has 0 amide bonds. The fourth-order valence-electron chi connectivity index (χ4n) is 1.70. The van der Waals surface area contributed by atoms with E-state index >= 15 is 0 Å². The van der Waals surface area contributed by atoms with Crippen LogP contribution in [-0.2, 0) is 13.5 Å². The molecule has 6 nitrogen and oxygen atoms in total. The molecule has 0 saturated carbocycles. The molecule has 16 heavy (non-hydrogen) atoms. The molecular formula is C10H12N2O4. The van der Waals surface area contributed by atoms with Gasteiger partial charge < -0.3 is 14.9 Å². The number of hydrogen-bond donors (Lipinski definition) is 2. The third-order valence-corrected chi connectivity index (χ3v) is 2.51. The van der Waals surface area contributed by atoms with Gasteiger partial charge in [0.05, 0.1) is 18.1 Å². The second-order valence-electron chi connectivity index (χ2n) is 3.28. The highest BCUT2D eigenvalue weighted by molar-refractivity contribution is 5.77. The van der Waals surface area contributed by atoms with Crippen molar-refractivity contribution < 1.29 is 14.9 Å². The molecule has 1 aromatic carbocycles. The zero-order valence-electron chi connectivity index (χ0n) is 8.75. The van der Waals surface area contributed by atoms with Crippen LogP contribution in [0.1, 0.15) is 0 Å². The fraction of sp³-hybridized carbons (Fsp3) is 0.300. The van der Waals surface area contributed by atoms with Gasteiger partial charge in [-0.05, 0) is 12.1 Å². The van der Waals surface area contributed by atoms with E-state index in [2.05, 4.69) is 0 Å². The molecule has 2 aromatic rings. The van der Waals surface area contributed by atoms with E-state index in [4.69, 9.17) is 14.9 Å². The van der Waals surface area contributed by atoms with Gasteiger partial charge in [-0.15, -0.1) is 0 Å². The van der Waals surface area contributed by atoms with Gasteiger partial charge in [0.15, 0.2) is 0 Å². The van der Waals surface area contributed by atoms with Crippen molar-refractivity contribution >= 4 is 11.0 Å². The Morgan fingerprint density at radius 1 is 1.19 bits per heavy atom. The van der Waals surface area contributed by atoms with E-state index in [1.165, 1.54) is 11.7 Å². The SMILES string of the molecule is COc1ccc2c(c1)n(CO)c(=O)n2CO. The molecule has 1 heterocycles. The first-order valence-electron chi connectivity index (χ1n) is 4.71. The monoisotopic (exact) mass is 224 g/mol. The van der Waals surface area contributed by atoms with E-state index in [-0.39, 0.29) is 0 Å². The first-order chi connectivity index (χ1) is 7.72. The number of benzene rings is 1. The Morgan fingerprint density at radius 3 is 2.38 bits per heavy atom. The Balaban J connectivity index is 2.84. The van der Waals surface area contributed by atoms with Crippen molar-refractivity contribution in [3.63, 3.8) is 0 Å². The van der Waals surface area contributed by atoms with Gasteiger partial charge >= 0.3 is 5.69 Å². The lowest BCUT2D eigenvalue weighted by molar-refractivity contribution is 0.191. The Labute approximate surface area is 90.9 Å². The van der Waals surface area contributed by atoms with Gasteiger partial charge in [-0.1, -0.05) is 0 Å². The van der Waals surface area contributed by atoms with Crippen LogP contribution in [0.15, 0.2) is 23.0 Å². The Bertz CT molecular complexity index is 570. The van der Waals surface area contributed by atoms with Crippen LogP contribution in [0.25, 0.3) is 11.0 Å². The first kappa shape index (κ1) is 10.7. The molecule has 0 aliphatic carbocycles. The minimum Gasteiger partial charge on any atom is -0.497 e. The molecule has 2 N–H and O–H groups in total. The van der Waals surface area contributed by atoms with Crippen molar-refractivity contribution in [1.82, 2.24) is 9.13 Å². The zero-order valence-corrected chi connectivity index (χ0v) is 8.75. The van der Waals surface area contributed by atoms with Gasteiger partial charge in [0.2, 0.25) is 0 Å². The number of aliphatic hydroxyl groups is 2. The van der Waals surface area contributed by atoms with Crippen molar-refractivity contribution in [2.45, 2.75) is 13.5 Å². The standard InChI is InChI=1S/C10H12N2O4/c1-16-7-2-3-8-9(4-7)12(6-14)10(15)11(8)5-13/h2-4,13-14H,5-6H2,1H3. The number of hydrogen-bond acceptors (Lipinski definition) is 4. The minimum atomic E-state index is -0.451. The van der Waals surface area contributed by atoms with Gasteiger partial charge in [0.25, 0.3) is 0 Å². The second-order valence-corrected chi connectivity index (χ2v) is 3.28. The number of nitrogens with zero attached hydrogens (tertiary/aromatic N) is 2. The number of methoxy groups -OCH3 is 1. The van der Waals surface area contributed by atoms with Crippen molar-refractivity contribution in [2.24, 2.45) is 0 Å². The van der Waals surface area contributed by atoms with Crippen molar-refractivity contribution in [3.05, 3.63) is 28.7 Å². The Hall–Kier alpha value is -1.79. The van der Waals surface area contributed by atoms with Gasteiger partial charge in [0, 0.05) is 6.07 Å². The predicted molar refractivity (Wildman–Crippen MR) is 57.2 cm³/mol. The lowest BCUT2D eigenvalue weighted by Crippen LogP contribution is -2.24. The lowest BCUT2D eigenvalue weighted by Gasteiger charge is -2.01. The highest BCUT2D eigenvalue weighted by atomic mass is 16.5. The maximum absolute atomic E-state index is 11.7. The molecule has 6 heteroatoms. The van der Waals surface area contributed by atoms with Crippen molar-refractivity contribution in [2.75, 3.05) is 7.11 Å². The summed E-state index contributed by atoms with van der Waals surface area (Å²) in [6.07, 6.45) is 0. The number of fused-ring (bicyclic) bond motifs is 1. The molecule has 0 fully saturated rings. The smallest absolute Gasteiger partial charge is 0.332 e. The van der Waals surface area contributed by atoms with Crippen LogP contribution in [0.2, 0.25) is 0 Å². The maximum atomic E-state index is 11.7. The summed E-state index contributed by atoms with van der Waals surface area (Å²) in [5.74, 6) is 0.588. The second kappa shape index (κ2) is 3.99. The quantitative estimate of drug-likeness (QED) is 0.751. The van der Waals surface area contributed by atoms with E-state index in [1.807, 2.05) is 0 Å². The average Bonchev–Trinajstić information content (AvgIpc) is 2.59. The average molecular weight is 224 g/mol. The van der Waals surface area contributed by atoms with E-state index in [1.54, 1.807) is 18.2 Å². The van der Waals surface area contributed by atoms with Gasteiger partial charge in [-0.3, -0.25) is 9.13 Å². The normalized spacial score (nSPS) is 10.9. The van der Waals surface area contributed by atoms with E-state index in [0.29, 0.717) is 16.8 Å². The molecule has 0 radical (unpaired) electrons. The molecule has 0 saturated heterocycles. The summed E-state index contributed by atoms with van der Waals surface area (Å²) in [6, 6.07) is 4.99. The summed E-state index contributed by atoms with van der Waals surface area (Å²) < 4.78 is 7.37. The Morgan fingerprint density at radius 2 is 1.81 bits per heavy atom. The third kappa shape index (κ3) is 1.39. The zero-order chi connectivity index (χ0) is 11.7. The summed E-state index contributed by atoms with van der Waals surface area (Å²) in [5.41, 5.74) is 0.636. The molecule has 1 aromatic heterocycles. The van der Waals surface area contributed by atoms with Crippen LogP contribution in [0.4, 0.5) is 0 Å². The molecule has 0 bridgehead atoms. The first-order valence-corrected chi connectivity index (χ1v) is 4.71. The summed E-state index contributed by atoms with van der Waals surface area (Å²) in [6.45, 7) is -0.857. The van der Waals surface area contributed by atoms with Crippen molar-refractivity contribution in [3.8, 4) is 5.75 Å². The van der Waals surface area contributed by atoms with Crippen LogP contribution < -0.4 is 10.4 Å². The van der Waals surface area contributed by atoms with Gasteiger partial charge in [-0.2, -0.15) is 0 Å². The topological polar surface area (TPSA) is 76.6 Å². The molecule has 0 spiro atoms. The molecule has 0 atom stereocenters. The number of aliphatic hydroxyl groups excluding tert-OH is 2. The van der Waals surface area contributed by atoms with Gasteiger partial charge in [0.1, 0.15) is 19.2 Å². The largest absolute Gasteiger partial charge is 0.497 e. The highest BCUT2D eigenvalue weighted by Gasteiger charge is 2.12. The lowest BCUT2D eigenvalue weighted by atomic mass is 10.3. The van der Waals surface area contributed by atoms with Crippen LogP contribution in [-0.4, -0.2) is 26.5 Å². The molecule has 2 rings (SSSR count). The summed E-state index contributed by atoms with van der Waals surface area (Å²) in [7, 11) is 1.52. The van der Waals surface area contributed by atoms with Crippen LogP contribution >= 0.6 is 0 Å². The molecule has 86 valence electrons. The summed E-state index contributed by atoms with van der Waals surface area (Å²) >= 11 is 0. The van der Waals surface area contributed by atoms with Gasteiger partial charge in [-0.25, -0.2) is 4.79 Å². The van der Waals surface area contributed by atoms with E-state index < -0.39 is 19.2 Å². The number of ether oxygens (including phenoxy) is 1. The number of rotatable bonds is 3. The fourth-order valence-corrected chi connectivity index (χ4v) is 1.70. The van der Waals surface area contributed by atoms with Crippen LogP contribution in [0, 0.1) is 0 Å². The molecule has 0 aliphatic rings. The van der Waals surface area contributed by atoms with Crippen LogP contribution in [0.3, 0.4) is 0 Å². The number of aromatic nitrogens is 2. The summed E-state index contributed by atoms with van der Waals surface area (Å²) in [4.78, 5) is 11.7. The highest BCUT2D eigenvalue weighted by Crippen LogP contribution is 2.19. The van der Waals surface area contributed by atoms with E-state index in [0.717, 1.165) is 4.57 Å². The maximum Gasteiger partial charge on any atom is 0.332 e. The van der Waals surface area contributed by atoms with Crippen LogP contribution in [0.5, 0.6) is 5.75 Å². The minimum absolute atomic E-state index is 0.422. The summed E-state index contributed by atoms with van der Waals surface area (Å²) in [5, 5.41) is 18.2. The molecule has 0 aliphatic heterocycles. The Kier molecular flexibility index (Phi) is 2.67. The number of imidazole rings is 1.